The first kappa shape index (κ1) is 13.3. The van der Waals surface area contributed by atoms with Crippen molar-refractivity contribution in [2.75, 3.05) is 4.31 Å². The number of nitrogens with zero attached hydrogens (tertiary/aromatic N) is 5. The summed E-state index contributed by atoms with van der Waals surface area (Å²) in [6, 6.07) is 1.79. The fourth-order valence-electron chi connectivity index (χ4n) is 1.93. The van der Waals surface area contributed by atoms with Gasteiger partial charge in [0, 0.05) is 18.1 Å². The molecule has 0 unspecified atom stereocenters. The third-order valence-corrected chi connectivity index (χ3v) is 4.25. The monoisotopic (exact) mass is 307 g/mol. The Kier molecular flexibility index (Phi) is 3.36. The molecule has 0 saturated heterocycles. The number of aryl methyl sites for hydroxylation is 2. The van der Waals surface area contributed by atoms with E-state index in [0.29, 0.717) is 11.5 Å². The van der Waals surface area contributed by atoms with Gasteiger partial charge in [-0.3, -0.25) is 8.71 Å². The number of aliphatic hydroxyl groups excluding tert-OH is 1. The first-order valence-corrected chi connectivity index (χ1v) is 7.14. The van der Waals surface area contributed by atoms with Crippen LogP contribution >= 0.6 is 24.3 Å². The molecule has 0 aliphatic heterocycles. The van der Waals surface area contributed by atoms with E-state index in [9.17, 15) is 0 Å². The Morgan fingerprint density at radius 3 is 2.95 bits per heavy atom. The SMILES string of the molecule is Cc1cn2c(C)cnc2c(N(S)c2cc(CO)ns2)n1. The molecule has 6 nitrogen and oxygen atoms in total. The molecule has 3 aromatic rings. The van der Waals surface area contributed by atoms with Crippen molar-refractivity contribution in [2.45, 2.75) is 20.5 Å². The number of thiol groups is 1. The molecule has 3 rings (SSSR count). The number of rotatable bonds is 3. The van der Waals surface area contributed by atoms with Crippen LogP contribution in [0.3, 0.4) is 0 Å². The van der Waals surface area contributed by atoms with Crippen molar-refractivity contribution in [3.63, 3.8) is 0 Å². The van der Waals surface area contributed by atoms with Crippen molar-refractivity contribution >= 4 is 40.8 Å². The summed E-state index contributed by atoms with van der Waals surface area (Å²) >= 11 is 5.76. The molecule has 0 fully saturated rings. The molecule has 104 valence electrons. The maximum atomic E-state index is 9.09. The number of aliphatic hydroxyl groups is 1. The van der Waals surface area contributed by atoms with E-state index in [0.717, 1.165) is 22.0 Å². The minimum atomic E-state index is -0.0861. The van der Waals surface area contributed by atoms with Crippen LogP contribution in [0.5, 0.6) is 0 Å². The van der Waals surface area contributed by atoms with Crippen LogP contribution in [0, 0.1) is 13.8 Å². The van der Waals surface area contributed by atoms with E-state index in [2.05, 4.69) is 27.2 Å². The summed E-state index contributed by atoms with van der Waals surface area (Å²) in [5.41, 5.74) is 3.27. The Bertz CT molecular complexity index is 766. The fourth-order valence-corrected chi connectivity index (χ4v) is 2.90. The zero-order valence-corrected chi connectivity index (χ0v) is 12.7. The standard InChI is InChI=1S/C12H13N5OS2/c1-7-5-16-8(2)4-13-11(16)12(14-7)17(19)10-3-9(6-18)15-20-10/h3-5,18-19H,6H2,1-2H3. The van der Waals surface area contributed by atoms with E-state index in [1.165, 1.54) is 11.5 Å². The van der Waals surface area contributed by atoms with Crippen LogP contribution in [-0.2, 0) is 6.61 Å². The maximum absolute atomic E-state index is 9.09. The second-order valence-electron chi connectivity index (χ2n) is 4.43. The fraction of sp³-hybridized carbons (Fsp3) is 0.250. The van der Waals surface area contributed by atoms with Crippen LogP contribution in [0.4, 0.5) is 10.8 Å². The number of anilines is 2. The number of hydrogen-bond donors (Lipinski definition) is 2. The summed E-state index contributed by atoms with van der Waals surface area (Å²) in [6.45, 7) is 3.83. The highest BCUT2D eigenvalue weighted by Gasteiger charge is 2.16. The summed E-state index contributed by atoms with van der Waals surface area (Å²) in [4.78, 5) is 8.89. The van der Waals surface area contributed by atoms with Gasteiger partial charge < -0.3 is 5.11 Å². The molecule has 8 heteroatoms. The predicted molar refractivity (Wildman–Crippen MR) is 81.6 cm³/mol. The van der Waals surface area contributed by atoms with Gasteiger partial charge in [-0.1, -0.05) is 12.8 Å². The Morgan fingerprint density at radius 1 is 1.45 bits per heavy atom. The van der Waals surface area contributed by atoms with Gasteiger partial charge >= 0.3 is 0 Å². The first-order valence-electron chi connectivity index (χ1n) is 5.97. The molecule has 0 aliphatic carbocycles. The predicted octanol–water partition coefficient (Wildman–Crippen LogP) is 2.28. The lowest BCUT2D eigenvalue weighted by atomic mass is 10.4. The number of fused-ring (bicyclic) bond motifs is 1. The topological polar surface area (TPSA) is 66.5 Å². The lowest BCUT2D eigenvalue weighted by molar-refractivity contribution is 0.278. The summed E-state index contributed by atoms with van der Waals surface area (Å²) in [5, 5.41) is 9.88. The smallest absolute Gasteiger partial charge is 0.188 e. The molecule has 0 atom stereocenters. The summed E-state index contributed by atoms with van der Waals surface area (Å²) in [6.07, 6.45) is 3.74. The molecule has 1 N–H and O–H groups in total. The molecule has 0 amide bonds. The lowest BCUT2D eigenvalue weighted by Crippen LogP contribution is -2.07. The normalized spacial score (nSPS) is 11.2. The van der Waals surface area contributed by atoms with Crippen molar-refractivity contribution in [1.82, 2.24) is 18.7 Å². The summed E-state index contributed by atoms with van der Waals surface area (Å²) in [7, 11) is 0. The average Bonchev–Trinajstić information content (AvgIpc) is 3.05. The van der Waals surface area contributed by atoms with Crippen LogP contribution in [0.25, 0.3) is 5.65 Å². The molecule has 0 aliphatic rings. The second-order valence-corrected chi connectivity index (χ2v) is 5.61. The third kappa shape index (κ3) is 2.15. The summed E-state index contributed by atoms with van der Waals surface area (Å²) < 4.78 is 7.76. The average molecular weight is 307 g/mol. The van der Waals surface area contributed by atoms with E-state index in [1.54, 1.807) is 16.6 Å². The highest BCUT2D eigenvalue weighted by Crippen LogP contribution is 2.32. The van der Waals surface area contributed by atoms with E-state index in [-0.39, 0.29) is 6.61 Å². The molecule has 0 saturated carbocycles. The van der Waals surface area contributed by atoms with Crippen LogP contribution in [0.1, 0.15) is 17.1 Å². The highest BCUT2D eigenvalue weighted by molar-refractivity contribution is 7.82. The molecule has 3 aromatic heterocycles. The van der Waals surface area contributed by atoms with Gasteiger partial charge in [-0.25, -0.2) is 9.97 Å². The van der Waals surface area contributed by atoms with Crippen LogP contribution in [0.15, 0.2) is 18.5 Å². The van der Waals surface area contributed by atoms with Gasteiger partial charge in [0.15, 0.2) is 11.5 Å². The largest absolute Gasteiger partial charge is 0.390 e. The highest BCUT2D eigenvalue weighted by atomic mass is 32.1. The molecular weight excluding hydrogens is 294 g/mol. The van der Waals surface area contributed by atoms with Gasteiger partial charge in [0.25, 0.3) is 0 Å². The Labute approximate surface area is 125 Å². The Balaban J connectivity index is 2.13. The number of aromatic nitrogens is 4. The number of imidazole rings is 1. The zero-order chi connectivity index (χ0) is 14.3. The molecule has 3 heterocycles. The number of hydrogen-bond acceptors (Lipinski definition) is 7. The quantitative estimate of drug-likeness (QED) is 0.727. The molecule has 0 aromatic carbocycles. The van der Waals surface area contributed by atoms with Gasteiger partial charge in [0.05, 0.1) is 18.0 Å². The lowest BCUT2D eigenvalue weighted by Gasteiger charge is -2.15. The zero-order valence-electron chi connectivity index (χ0n) is 11.0. The van der Waals surface area contributed by atoms with Crippen molar-refractivity contribution in [3.8, 4) is 0 Å². The third-order valence-electron chi connectivity index (χ3n) is 2.90. The van der Waals surface area contributed by atoms with E-state index >= 15 is 0 Å². The minimum Gasteiger partial charge on any atom is -0.390 e. The van der Waals surface area contributed by atoms with Crippen LogP contribution < -0.4 is 4.31 Å². The van der Waals surface area contributed by atoms with Crippen molar-refractivity contribution in [1.29, 1.82) is 0 Å². The molecule has 0 bridgehead atoms. The van der Waals surface area contributed by atoms with Crippen LogP contribution in [0.2, 0.25) is 0 Å². The second kappa shape index (κ2) is 5.04. The van der Waals surface area contributed by atoms with Crippen molar-refractivity contribution in [3.05, 3.63) is 35.5 Å². The molecule has 0 radical (unpaired) electrons. The Morgan fingerprint density at radius 2 is 2.25 bits per heavy atom. The van der Waals surface area contributed by atoms with Gasteiger partial charge in [-0.2, -0.15) is 4.37 Å². The molecule has 0 spiro atoms. The molecular formula is C12H13N5OS2. The van der Waals surface area contributed by atoms with Crippen molar-refractivity contribution < 1.29 is 5.11 Å². The van der Waals surface area contributed by atoms with Gasteiger partial charge in [-0.15, -0.1) is 0 Å². The van der Waals surface area contributed by atoms with E-state index in [1.807, 2.05) is 24.4 Å². The van der Waals surface area contributed by atoms with Crippen LogP contribution in [-0.4, -0.2) is 23.8 Å². The Hall–Kier alpha value is -1.64. The van der Waals surface area contributed by atoms with Gasteiger partial charge in [0.2, 0.25) is 0 Å². The van der Waals surface area contributed by atoms with E-state index in [4.69, 9.17) is 5.11 Å². The van der Waals surface area contributed by atoms with Crippen molar-refractivity contribution in [2.24, 2.45) is 0 Å². The molecule has 20 heavy (non-hydrogen) atoms. The first-order chi connectivity index (χ1) is 9.60. The van der Waals surface area contributed by atoms with E-state index < -0.39 is 0 Å². The van der Waals surface area contributed by atoms with Gasteiger partial charge in [0.1, 0.15) is 5.00 Å². The van der Waals surface area contributed by atoms with Gasteiger partial charge in [-0.05, 0) is 31.4 Å². The maximum Gasteiger partial charge on any atom is 0.188 e. The minimum absolute atomic E-state index is 0.0861. The summed E-state index contributed by atoms with van der Waals surface area (Å²) in [5.74, 6) is 0.648.